The minimum Gasteiger partial charge on any atom is -0.462 e. The first-order chi connectivity index (χ1) is 45.7. The second kappa shape index (κ2) is 77.3. The van der Waals surface area contributed by atoms with Crippen LogP contribution in [0.1, 0.15) is 387 Å². The van der Waals surface area contributed by atoms with E-state index in [2.05, 4.69) is 61.0 Å². The largest absolute Gasteiger partial charge is 2.00 e. The summed E-state index contributed by atoms with van der Waals surface area (Å²) in [5.41, 5.74) is 0. The standard InChI is InChI=1S/2C38H73O8P.Ba/c2*1-4-6-8-10-12-14-16-18-19-21-23-25-27-29-31-33-38(40)46-36(35-45-47(41,42)43-3)34-44-37(39)32-30-28-26-24-22-20-17-15-13-11-9-7-5-2;/h2*18-19,36H,4-17,20-35H2,1-3H3,(H,41,42);/q;;+2/b2*19-18-;. The first kappa shape index (κ1) is 98.3. The Morgan fingerprint density at radius 3 is 0.695 bits per heavy atom. The van der Waals surface area contributed by atoms with Crippen LogP contribution in [0.15, 0.2) is 24.3 Å². The Hall–Kier alpha value is -0.849. The third-order valence-electron chi connectivity index (χ3n) is 17.0. The van der Waals surface area contributed by atoms with E-state index in [1.165, 1.54) is 218 Å². The quantitative estimate of drug-likeness (QED) is 0.0145. The van der Waals surface area contributed by atoms with E-state index in [1.807, 2.05) is 0 Å². The predicted molar refractivity (Wildman–Crippen MR) is 393 cm³/mol. The minimum atomic E-state index is -4.25. The number of carbonyl (C=O) groups excluding carboxylic acids is 4. The van der Waals surface area contributed by atoms with Crippen LogP contribution in [-0.2, 0) is 65.4 Å². The predicted octanol–water partition coefficient (Wildman–Crippen LogP) is 23.1. The maximum absolute atomic E-state index is 12.4. The van der Waals surface area contributed by atoms with Crippen LogP contribution in [0, 0.1) is 0 Å². The molecular weight excluding hydrogens is 1370 g/mol. The van der Waals surface area contributed by atoms with Gasteiger partial charge in [0.2, 0.25) is 0 Å². The Morgan fingerprint density at radius 2 is 0.484 bits per heavy atom. The van der Waals surface area contributed by atoms with Crippen LogP contribution in [0.5, 0.6) is 0 Å². The molecule has 0 aliphatic heterocycles. The van der Waals surface area contributed by atoms with Gasteiger partial charge in [0.15, 0.2) is 12.2 Å². The summed E-state index contributed by atoms with van der Waals surface area (Å²) < 4.78 is 63.7. The normalized spacial score (nSPS) is 13.4. The van der Waals surface area contributed by atoms with Crippen LogP contribution in [0.2, 0.25) is 0 Å². The maximum atomic E-state index is 12.4. The van der Waals surface area contributed by atoms with Crippen LogP contribution >= 0.6 is 15.6 Å². The zero-order valence-electron chi connectivity index (χ0n) is 62.1. The van der Waals surface area contributed by atoms with E-state index >= 15 is 0 Å². The van der Waals surface area contributed by atoms with Crippen molar-refractivity contribution in [3.63, 3.8) is 0 Å². The zero-order chi connectivity index (χ0) is 69.4. The molecule has 556 valence electrons. The van der Waals surface area contributed by atoms with Crippen LogP contribution in [-0.4, -0.2) is 135 Å². The molecule has 95 heavy (non-hydrogen) atoms. The van der Waals surface area contributed by atoms with Crippen LogP contribution in [0.4, 0.5) is 0 Å². The van der Waals surface area contributed by atoms with E-state index in [-0.39, 0.29) is 86.9 Å². The molecule has 2 N–H and O–H groups in total. The number of ether oxygens (including phenoxy) is 4. The molecule has 0 aliphatic carbocycles. The summed E-state index contributed by atoms with van der Waals surface area (Å²) in [5.74, 6) is -1.61. The fraction of sp³-hybridized carbons (Fsp3) is 0.895. The van der Waals surface area contributed by atoms with Crippen molar-refractivity contribution >= 4 is 88.4 Å². The van der Waals surface area contributed by atoms with E-state index in [9.17, 15) is 38.1 Å². The minimum absolute atomic E-state index is 0. The van der Waals surface area contributed by atoms with Gasteiger partial charge in [0.25, 0.3) is 0 Å². The SMILES string of the molecule is CCCCCCCC/C=C\CCCCCCCC(=O)OC(COC(=O)CCCCCCCCCCCCCCC)COP(=O)(O)OC.CCCCCCCC/C=C\CCCCCCCC(=O)OC(COC(=O)CCCCCCCCCCCCCCC)COP(=O)(O)OC.[Ba+2]. The Bertz CT molecular complexity index is 1710. The number of phosphoric acid groups is 2. The molecule has 4 atom stereocenters. The van der Waals surface area contributed by atoms with Gasteiger partial charge in [0.05, 0.1) is 13.2 Å². The Morgan fingerprint density at radius 1 is 0.295 bits per heavy atom. The van der Waals surface area contributed by atoms with Gasteiger partial charge in [-0.2, -0.15) is 0 Å². The van der Waals surface area contributed by atoms with Gasteiger partial charge < -0.3 is 28.7 Å². The van der Waals surface area contributed by atoms with Crippen molar-refractivity contribution in [1.82, 2.24) is 0 Å². The number of carbonyl (C=O) groups is 4. The number of hydrogen-bond acceptors (Lipinski definition) is 14. The zero-order valence-corrected chi connectivity index (χ0v) is 68.3. The number of phosphoric ester groups is 2. The first-order valence-electron chi connectivity index (χ1n) is 38.7. The first-order valence-corrected chi connectivity index (χ1v) is 41.7. The van der Waals surface area contributed by atoms with E-state index in [4.69, 9.17) is 28.0 Å². The molecule has 0 bridgehead atoms. The molecule has 16 nitrogen and oxygen atoms in total. The van der Waals surface area contributed by atoms with Crippen molar-refractivity contribution in [3.8, 4) is 0 Å². The van der Waals surface area contributed by atoms with Gasteiger partial charge in [0.1, 0.15) is 13.2 Å². The Labute approximate surface area is 623 Å². The summed E-state index contributed by atoms with van der Waals surface area (Å²) in [6, 6.07) is 0. The average molecular weight is 1520 g/mol. The second-order valence-electron chi connectivity index (χ2n) is 26.1. The number of rotatable bonds is 72. The molecule has 0 rings (SSSR count). The van der Waals surface area contributed by atoms with Gasteiger partial charge in [-0.1, -0.05) is 309 Å². The van der Waals surface area contributed by atoms with Crippen molar-refractivity contribution in [1.29, 1.82) is 0 Å². The molecule has 19 heteroatoms. The second-order valence-corrected chi connectivity index (χ2v) is 29.3. The Balaban J connectivity index is -0.00000176. The molecule has 0 aromatic carbocycles. The van der Waals surface area contributed by atoms with E-state index < -0.39 is 53.0 Å². The molecular formula is C76H146BaO16P2+2. The van der Waals surface area contributed by atoms with Gasteiger partial charge in [-0.3, -0.25) is 37.3 Å². The van der Waals surface area contributed by atoms with Crippen LogP contribution < -0.4 is 0 Å². The van der Waals surface area contributed by atoms with Crippen molar-refractivity contribution in [2.75, 3.05) is 40.6 Å². The monoisotopic (exact) mass is 1510 g/mol. The fourth-order valence-electron chi connectivity index (χ4n) is 11.0. The summed E-state index contributed by atoms with van der Waals surface area (Å²) in [6.07, 6.45) is 70.8. The molecule has 0 heterocycles. The fourth-order valence-corrected chi connectivity index (χ4v) is 11.9. The van der Waals surface area contributed by atoms with E-state index in [0.29, 0.717) is 25.7 Å². The summed E-state index contributed by atoms with van der Waals surface area (Å²) in [4.78, 5) is 68.6. The number of unbranched alkanes of at least 4 members (excludes halogenated alkanes) is 46. The summed E-state index contributed by atoms with van der Waals surface area (Å²) in [7, 11) is -6.39. The molecule has 0 fully saturated rings. The Kier molecular flexibility index (Phi) is 80.0. The van der Waals surface area contributed by atoms with Crippen LogP contribution in [0.3, 0.4) is 0 Å². The van der Waals surface area contributed by atoms with E-state index in [1.54, 1.807) is 0 Å². The molecule has 0 aliphatic rings. The molecule has 4 unspecified atom stereocenters. The van der Waals surface area contributed by atoms with Crippen molar-refractivity contribution < 1.29 is 75.1 Å². The van der Waals surface area contributed by atoms with Gasteiger partial charge in [-0.25, -0.2) is 9.13 Å². The smallest absolute Gasteiger partial charge is 0.462 e. The van der Waals surface area contributed by atoms with Gasteiger partial charge in [-0.15, -0.1) is 0 Å². The molecule has 0 spiro atoms. The molecule has 0 aromatic rings. The summed E-state index contributed by atoms with van der Waals surface area (Å²) >= 11 is 0. The molecule has 0 amide bonds. The van der Waals surface area contributed by atoms with Gasteiger partial charge in [0, 0.05) is 39.9 Å². The maximum Gasteiger partial charge on any atom is 2.00 e. The number of hydrogen-bond donors (Lipinski definition) is 2. The third-order valence-corrected chi connectivity index (χ3v) is 18.9. The molecule has 0 saturated heterocycles. The number of esters is 4. The molecule has 0 radical (unpaired) electrons. The van der Waals surface area contributed by atoms with Gasteiger partial charge in [-0.05, 0) is 77.0 Å². The average Bonchev–Trinajstić information content (AvgIpc) is 2.06. The number of allylic oxidation sites excluding steroid dienone is 4. The topological polar surface area (TPSA) is 217 Å². The van der Waals surface area contributed by atoms with Gasteiger partial charge >= 0.3 is 88.4 Å². The van der Waals surface area contributed by atoms with Crippen molar-refractivity contribution in [3.05, 3.63) is 24.3 Å². The third kappa shape index (κ3) is 78.7. The summed E-state index contributed by atoms with van der Waals surface area (Å²) in [6.45, 7) is 7.75. The van der Waals surface area contributed by atoms with Crippen LogP contribution in [0.25, 0.3) is 0 Å². The summed E-state index contributed by atoms with van der Waals surface area (Å²) in [5, 5.41) is 0. The molecule has 0 saturated carbocycles. The van der Waals surface area contributed by atoms with E-state index in [0.717, 1.165) is 117 Å². The van der Waals surface area contributed by atoms with Crippen molar-refractivity contribution in [2.24, 2.45) is 0 Å². The molecule has 0 aromatic heterocycles. The van der Waals surface area contributed by atoms with Crippen molar-refractivity contribution in [2.45, 2.75) is 399 Å².